The first-order valence-corrected chi connectivity index (χ1v) is 9.19. The molecule has 0 bridgehead atoms. The third-order valence-electron chi connectivity index (χ3n) is 4.98. The zero-order valence-corrected chi connectivity index (χ0v) is 16.2. The van der Waals surface area contributed by atoms with Crippen LogP contribution in [0.5, 0.6) is 11.5 Å². The zero-order chi connectivity index (χ0) is 19.2. The van der Waals surface area contributed by atoms with Crippen molar-refractivity contribution in [2.75, 3.05) is 40.9 Å². The largest absolute Gasteiger partial charge is 0.497 e. The first-order chi connectivity index (χ1) is 13.1. The van der Waals surface area contributed by atoms with Crippen LogP contribution in [-0.2, 0) is 11.3 Å². The highest BCUT2D eigenvalue weighted by Crippen LogP contribution is 2.36. The maximum atomic E-state index is 12.7. The number of likely N-dealkylation sites (tertiary alicyclic amines) is 1. The van der Waals surface area contributed by atoms with Crippen LogP contribution >= 0.6 is 0 Å². The Morgan fingerprint density at radius 2 is 2.11 bits per heavy atom. The third kappa shape index (κ3) is 4.77. The number of pyridine rings is 1. The first kappa shape index (κ1) is 19.2. The second-order valence-electron chi connectivity index (χ2n) is 6.93. The highest BCUT2D eigenvalue weighted by Gasteiger charge is 2.29. The fourth-order valence-electron chi connectivity index (χ4n) is 3.55. The number of amides is 1. The average Bonchev–Trinajstić information content (AvgIpc) is 3.18. The van der Waals surface area contributed by atoms with Crippen LogP contribution < -0.4 is 9.47 Å². The molecule has 1 aromatic heterocycles. The van der Waals surface area contributed by atoms with Gasteiger partial charge in [-0.25, -0.2) is 0 Å². The lowest BCUT2D eigenvalue weighted by atomic mass is 9.97. The van der Waals surface area contributed by atoms with E-state index in [-0.39, 0.29) is 11.8 Å². The average molecular weight is 369 g/mol. The lowest BCUT2D eigenvalue weighted by Gasteiger charge is -2.22. The minimum atomic E-state index is 0.151. The summed E-state index contributed by atoms with van der Waals surface area (Å²) < 4.78 is 10.9. The maximum Gasteiger partial charge on any atom is 0.236 e. The number of hydrogen-bond acceptors (Lipinski definition) is 5. The number of likely N-dealkylation sites (N-methyl/N-ethyl adjacent to an activating group) is 1. The molecule has 6 nitrogen and oxygen atoms in total. The summed E-state index contributed by atoms with van der Waals surface area (Å²) in [5.41, 5.74) is 2.07. The van der Waals surface area contributed by atoms with Gasteiger partial charge in [0.25, 0.3) is 0 Å². The van der Waals surface area contributed by atoms with Gasteiger partial charge in [-0.2, -0.15) is 0 Å². The summed E-state index contributed by atoms with van der Waals surface area (Å²) in [7, 11) is 5.29. The Morgan fingerprint density at radius 1 is 1.26 bits per heavy atom. The molecule has 2 heterocycles. The smallest absolute Gasteiger partial charge is 0.236 e. The van der Waals surface area contributed by atoms with Gasteiger partial charge in [-0.05, 0) is 43.8 Å². The van der Waals surface area contributed by atoms with Crippen LogP contribution in [0.2, 0.25) is 0 Å². The normalized spacial score (nSPS) is 16.6. The summed E-state index contributed by atoms with van der Waals surface area (Å²) in [6, 6.07) is 11.7. The van der Waals surface area contributed by atoms with Crippen LogP contribution in [0.15, 0.2) is 42.6 Å². The van der Waals surface area contributed by atoms with Gasteiger partial charge in [0.1, 0.15) is 11.5 Å². The van der Waals surface area contributed by atoms with Gasteiger partial charge in [-0.3, -0.25) is 14.7 Å². The number of methoxy groups -OCH3 is 2. The number of nitrogens with zero attached hydrogens (tertiary/aromatic N) is 3. The number of carbonyl (C=O) groups excluding carboxylic acids is 1. The van der Waals surface area contributed by atoms with Crippen LogP contribution in [0.4, 0.5) is 0 Å². The molecule has 0 unspecified atom stereocenters. The summed E-state index contributed by atoms with van der Waals surface area (Å²) in [5.74, 6) is 2.07. The maximum absolute atomic E-state index is 12.7. The van der Waals surface area contributed by atoms with Gasteiger partial charge in [0.05, 0.1) is 26.5 Å². The molecule has 0 aliphatic carbocycles. The van der Waals surface area contributed by atoms with Gasteiger partial charge in [0.15, 0.2) is 0 Å². The summed E-state index contributed by atoms with van der Waals surface area (Å²) in [5, 5.41) is 0. The second-order valence-corrected chi connectivity index (χ2v) is 6.93. The van der Waals surface area contributed by atoms with E-state index in [0.29, 0.717) is 19.6 Å². The van der Waals surface area contributed by atoms with E-state index in [9.17, 15) is 4.79 Å². The van der Waals surface area contributed by atoms with Crippen molar-refractivity contribution in [3.63, 3.8) is 0 Å². The lowest BCUT2D eigenvalue weighted by Crippen LogP contribution is -2.37. The number of ether oxygens (including phenoxy) is 2. The molecule has 1 aliphatic rings. The van der Waals surface area contributed by atoms with Crippen molar-refractivity contribution in [2.24, 2.45) is 0 Å². The second kappa shape index (κ2) is 8.86. The number of rotatable bonds is 7. The fourth-order valence-corrected chi connectivity index (χ4v) is 3.55. The molecule has 1 fully saturated rings. The SMILES string of the molecule is COc1ccc(OC)c([C@H]2CCN(C(=O)CN(C)Cc3ccccn3)C2)c1. The van der Waals surface area contributed by atoms with Crippen molar-refractivity contribution >= 4 is 5.91 Å². The highest BCUT2D eigenvalue weighted by atomic mass is 16.5. The van der Waals surface area contributed by atoms with Gasteiger partial charge in [0, 0.05) is 37.3 Å². The molecule has 0 spiro atoms. The van der Waals surface area contributed by atoms with Crippen molar-refractivity contribution in [3.8, 4) is 11.5 Å². The van der Waals surface area contributed by atoms with Crippen LogP contribution in [0, 0.1) is 0 Å². The summed E-state index contributed by atoms with van der Waals surface area (Å²) in [4.78, 5) is 21.0. The number of aromatic nitrogens is 1. The highest BCUT2D eigenvalue weighted by molar-refractivity contribution is 5.78. The summed E-state index contributed by atoms with van der Waals surface area (Å²) in [6.45, 7) is 2.52. The van der Waals surface area contributed by atoms with Crippen molar-refractivity contribution in [1.29, 1.82) is 0 Å². The molecule has 0 saturated carbocycles. The minimum Gasteiger partial charge on any atom is -0.497 e. The fraction of sp³-hybridized carbons (Fsp3) is 0.429. The predicted octanol–water partition coefficient (Wildman–Crippen LogP) is 2.55. The van der Waals surface area contributed by atoms with E-state index in [1.54, 1.807) is 20.4 Å². The van der Waals surface area contributed by atoms with Crippen LogP contribution in [0.3, 0.4) is 0 Å². The van der Waals surface area contributed by atoms with E-state index in [0.717, 1.165) is 35.7 Å². The molecular weight excluding hydrogens is 342 g/mol. The molecule has 2 aromatic rings. The van der Waals surface area contributed by atoms with Crippen LogP contribution in [0.1, 0.15) is 23.6 Å². The quantitative estimate of drug-likeness (QED) is 0.751. The Morgan fingerprint density at radius 3 is 2.81 bits per heavy atom. The van der Waals surface area contributed by atoms with Crippen LogP contribution in [-0.4, -0.2) is 61.6 Å². The molecule has 1 atom stereocenters. The molecule has 6 heteroatoms. The number of benzene rings is 1. The molecule has 1 saturated heterocycles. The third-order valence-corrected chi connectivity index (χ3v) is 4.98. The lowest BCUT2D eigenvalue weighted by molar-refractivity contribution is -0.131. The molecule has 27 heavy (non-hydrogen) atoms. The van der Waals surface area contributed by atoms with Crippen LogP contribution in [0.25, 0.3) is 0 Å². The van der Waals surface area contributed by atoms with E-state index in [1.165, 1.54) is 0 Å². The van der Waals surface area contributed by atoms with Gasteiger partial charge in [-0.15, -0.1) is 0 Å². The van der Waals surface area contributed by atoms with E-state index >= 15 is 0 Å². The molecule has 1 aliphatic heterocycles. The summed E-state index contributed by atoms with van der Waals surface area (Å²) in [6.07, 6.45) is 2.71. The van der Waals surface area contributed by atoms with Crippen molar-refractivity contribution in [1.82, 2.24) is 14.8 Å². The Kier molecular flexibility index (Phi) is 6.29. The predicted molar refractivity (Wildman–Crippen MR) is 104 cm³/mol. The van der Waals surface area contributed by atoms with Crippen molar-refractivity contribution in [2.45, 2.75) is 18.9 Å². The molecule has 144 valence electrons. The van der Waals surface area contributed by atoms with E-state index in [4.69, 9.17) is 9.47 Å². The topological polar surface area (TPSA) is 54.9 Å². The molecule has 0 radical (unpaired) electrons. The standard InChI is InChI=1S/C21H27N3O3/c1-23(14-17-6-4-5-10-22-17)15-21(25)24-11-9-16(13-24)19-12-18(26-2)7-8-20(19)27-3/h4-8,10,12,16H,9,11,13-15H2,1-3H3/t16-/m0/s1. The van der Waals surface area contributed by atoms with Gasteiger partial charge in [0.2, 0.25) is 5.91 Å². The number of carbonyl (C=O) groups is 1. The Labute approximate surface area is 160 Å². The first-order valence-electron chi connectivity index (χ1n) is 9.19. The van der Waals surface area contributed by atoms with E-state index in [1.807, 2.05) is 53.2 Å². The van der Waals surface area contributed by atoms with E-state index < -0.39 is 0 Å². The van der Waals surface area contributed by atoms with Gasteiger partial charge >= 0.3 is 0 Å². The minimum absolute atomic E-state index is 0.151. The molecule has 3 rings (SSSR count). The monoisotopic (exact) mass is 369 g/mol. The molecule has 0 N–H and O–H groups in total. The Balaban J connectivity index is 1.59. The van der Waals surface area contributed by atoms with Gasteiger partial charge in [-0.1, -0.05) is 6.07 Å². The van der Waals surface area contributed by atoms with Crippen molar-refractivity contribution in [3.05, 3.63) is 53.9 Å². The van der Waals surface area contributed by atoms with Gasteiger partial charge < -0.3 is 14.4 Å². The Hall–Kier alpha value is -2.60. The molecular formula is C21H27N3O3. The van der Waals surface area contributed by atoms with Crippen molar-refractivity contribution < 1.29 is 14.3 Å². The summed E-state index contributed by atoms with van der Waals surface area (Å²) >= 11 is 0. The Bertz CT molecular complexity index is 767. The zero-order valence-electron chi connectivity index (χ0n) is 16.2. The number of hydrogen-bond donors (Lipinski definition) is 0. The van der Waals surface area contributed by atoms with E-state index in [2.05, 4.69) is 4.98 Å². The molecule has 1 aromatic carbocycles. The molecule has 1 amide bonds.